The van der Waals surface area contributed by atoms with Crippen LogP contribution in [0.2, 0.25) is 0 Å². The van der Waals surface area contributed by atoms with Crippen molar-refractivity contribution in [2.45, 2.75) is 32.6 Å². The number of hydrogen-bond acceptors (Lipinski definition) is 29. The van der Waals surface area contributed by atoms with Gasteiger partial charge in [0.2, 0.25) is 31.8 Å². The molecule has 0 saturated carbocycles. The number of benzene rings is 4. The number of nitrogens with two attached hydrogens (primary N) is 2. The van der Waals surface area contributed by atoms with E-state index in [-0.39, 0.29) is 47.7 Å². The van der Waals surface area contributed by atoms with E-state index in [4.69, 9.17) is 52.1 Å². The molecule has 0 spiro atoms. The van der Waals surface area contributed by atoms with Crippen molar-refractivity contribution in [1.29, 1.82) is 0 Å². The summed E-state index contributed by atoms with van der Waals surface area (Å²) in [4.78, 5) is 169. The minimum absolute atomic E-state index is 0.0515. The molecule has 0 bridgehead atoms. The van der Waals surface area contributed by atoms with Crippen LogP contribution in [-0.2, 0) is 92.3 Å². The first kappa shape index (κ1) is 78.2. The van der Waals surface area contributed by atoms with Gasteiger partial charge in [0.05, 0.1) is 73.4 Å². The zero-order chi connectivity index (χ0) is 70.3. The lowest BCUT2D eigenvalue weighted by atomic mass is 10.1. The average molecular weight is 1360 g/mol. The second-order valence-electron chi connectivity index (χ2n) is 16.7. The third-order valence-electron chi connectivity index (χ3n) is 10.1. The van der Waals surface area contributed by atoms with Crippen LogP contribution in [0.4, 0.5) is 45.5 Å². The van der Waals surface area contributed by atoms with Gasteiger partial charge < -0.3 is 36.3 Å². The van der Waals surface area contributed by atoms with Gasteiger partial charge in [-0.3, -0.25) is 109 Å². The quantitative estimate of drug-likeness (QED) is 0.0220. The number of allylic oxidation sites excluding steroid dienone is 9. The average Bonchev–Trinajstić information content (AvgIpc) is 1.07. The summed E-state index contributed by atoms with van der Waals surface area (Å²) in [6.07, 6.45) is 7.34. The predicted octanol–water partition coefficient (Wildman–Crippen LogP) is 5.83. The van der Waals surface area contributed by atoms with Crippen LogP contribution in [0, 0.1) is 60.7 Å². The largest absolute Gasteiger partial charge is 0.504 e. The highest BCUT2D eigenvalue weighted by molar-refractivity contribution is 8.26. The summed E-state index contributed by atoms with van der Waals surface area (Å²) in [6.45, 7) is 1.93. The molecule has 0 aliphatic heterocycles. The number of anilines is 2. The molecule has 0 atom stereocenters. The molecule has 0 aromatic heterocycles. The lowest BCUT2D eigenvalue weighted by Gasteiger charge is -2.09. The highest BCUT2D eigenvalue weighted by Crippen LogP contribution is 2.28. The van der Waals surface area contributed by atoms with E-state index < -0.39 is 149 Å². The number of carboxylic acids is 1. The lowest BCUT2D eigenvalue weighted by Crippen LogP contribution is -2.16. The van der Waals surface area contributed by atoms with Crippen molar-refractivity contribution in [2.24, 2.45) is 0 Å². The Morgan fingerprint density at radius 1 is 0.500 bits per heavy atom. The van der Waals surface area contributed by atoms with Crippen LogP contribution in [0.25, 0.3) is 0 Å². The standard InChI is InChI=1S/C14H8N2O8.C14H12N2O4.C8H5ClN2O5.C8H6N2O6.C6H4O3.C2H6O.Cl2OS/c17-10-3-4-12(18)13(7-10)24-14(19)5-8-1-2-9(15(20)21)6-11(8)16(22)23;15-9-2-1-8(11(16)6-9)5-14(19)20-13-7-10(17)3-4-12(13)18;9-8(12)3-5-1-2-6(10(13)14)4-7(5)11(15)16;11-8(12)3-5-1-2-6(9(13)14)4-7(5)10(15)16;7-4-1-2-5(8)6(9)3-4;1-2-3;1-4(2)3/h1-4,6-7H,5H2;1-4,6-7H,5,15-16H2;1-2,4H,3H2;1-2,4H,3H2,(H,11,12);1-3,9H;3H,2H2,1H3;. The number of hydrogen-bond donors (Lipinski definition) is 5. The summed E-state index contributed by atoms with van der Waals surface area (Å²) in [6, 6.07) is 13.4. The number of nitrogen functional groups attached to an aromatic ring is 2. The molecule has 3 aliphatic carbocycles. The zero-order valence-corrected chi connectivity index (χ0v) is 49.2. The molecule has 4 aromatic rings. The van der Waals surface area contributed by atoms with E-state index in [2.05, 4.69) is 21.4 Å². The van der Waals surface area contributed by atoms with Gasteiger partial charge in [-0.15, -0.1) is 0 Å². The number of non-ortho nitro benzene ring substituents is 3. The molecule has 0 radical (unpaired) electrons. The van der Waals surface area contributed by atoms with Gasteiger partial charge in [0.1, 0.15) is 0 Å². The van der Waals surface area contributed by atoms with Crippen LogP contribution < -0.4 is 11.5 Å². The Morgan fingerprint density at radius 3 is 1.12 bits per heavy atom. The Morgan fingerprint density at radius 2 is 0.815 bits per heavy atom. The number of aliphatic hydroxyl groups is 2. The molecule has 36 nitrogen and oxygen atoms in total. The lowest BCUT2D eigenvalue weighted by molar-refractivity contribution is -0.394. The van der Waals surface area contributed by atoms with E-state index in [0.717, 1.165) is 109 Å². The highest BCUT2D eigenvalue weighted by atomic mass is 36.0. The number of nitrogens with zero attached hydrogens (tertiary/aromatic N) is 6. The van der Waals surface area contributed by atoms with Crippen LogP contribution in [-0.4, -0.2) is 114 Å². The first-order valence-corrected chi connectivity index (χ1v) is 27.3. The first-order chi connectivity index (χ1) is 42.9. The Balaban J connectivity index is 0.000000573. The highest BCUT2D eigenvalue weighted by Gasteiger charge is 2.26. The molecule has 0 saturated heterocycles. The van der Waals surface area contributed by atoms with Crippen molar-refractivity contribution in [3.63, 3.8) is 0 Å². The van der Waals surface area contributed by atoms with Gasteiger partial charge in [0.15, 0.2) is 34.6 Å². The molecule has 0 fully saturated rings. The smallest absolute Gasteiger partial charge is 0.316 e. The summed E-state index contributed by atoms with van der Waals surface area (Å²) >= 11 is 5.10. The van der Waals surface area contributed by atoms with E-state index in [1.165, 1.54) is 6.07 Å². The maximum atomic E-state index is 11.8. The van der Waals surface area contributed by atoms with Crippen LogP contribution >= 0.6 is 33.0 Å². The Bertz CT molecular complexity index is 3810. The Labute approximate surface area is 528 Å². The number of halogens is 3. The maximum absolute atomic E-state index is 11.8. The molecule has 7 N–H and O–H groups in total. The van der Waals surface area contributed by atoms with E-state index in [1.54, 1.807) is 19.1 Å². The topological polar surface area (TPSA) is 578 Å². The van der Waals surface area contributed by atoms with E-state index in [1.807, 2.05) is 0 Å². The van der Waals surface area contributed by atoms with Crippen molar-refractivity contribution in [3.8, 4) is 0 Å². The maximum Gasteiger partial charge on any atom is 0.316 e. The number of aliphatic carboxylic acids is 1. The second-order valence-corrected chi connectivity index (χ2v) is 19.6. The molecule has 0 unspecified atom stereocenters. The fourth-order valence-electron chi connectivity index (χ4n) is 6.30. The molecular weight excluding hydrogens is 1320 g/mol. The molecule has 3 aliphatic rings. The number of aliphatic hydroxyl groups excluding tert-OH is 2. The van der Waals surface area contributed by atoms with Gasteiger partial charge in [0.25, 0.3) is 34.1 Å². The van der Waals surface area contributed by atoms with Crippen molar-refractivity contribution >= 4 is 146 Å². The Hall–Kier alpha value is -11.8. The predicted molar refractivity (Wildman–Crippen MR) is 317 cm³/mol. The summed E-state index contributed by atoms with van der Waals surface area (Å²) in [5.41, 5.74) is 9.50. The van der Waals surface area contributed by atoms with Crippen LogP contribution in [0.5, 0.6) is 0 Å². The minimum atomic E-state index is -1.67. The molecule has 40 heteroatoms. The number of ketones is 6. The zero-order valence-electron chi connectivity index (χ0n) is 46.1. The van der Waals surface area contributed by atoms with Crippen LogP contribution in [0.15, 0.2) is 145 Å². The monoisotopic (exact) mass is 1360 g/mol. The molecule has 92 heavy (non-hydrogen) atoms. The summed E-state index contributed by atoms with van der Waals surface area (Å²) in [5, 5.41) is 87.5. The molecule has 4 aromatic carbocycles. The number of carboxylic acid groups (broad SMARTS) is 1. The van der Waals surface area contributed by atoms with Gasteiger partial charge in [-0.05, 0) is 90.9 Å². The molecule has 7 rings (SSSR count). The SMILES string of the molecule is CCO.Nc1ccc(CC(=O)OC2=CC(=O)C=CC2=O)c(N)c1.O=C(Cl)Cc1ccc([N+](=O)[O-])cc1[N+](=O)[O-].O=C(O)Cc1ccc([N+](=O)[O-])cc1[N+](=O)[O-].O=C1C=CC(=O)C(O)=C1.O=C1C=CC(=O)C(OC(=O)Cc2ccc([N+](=O)[O-])cc2[N+](=O)[O-])=C1.O=S(Cl)Cl. The number of ether oxygens (including phenoxy) is 2. The minimum Gasteiger partial charge on any atom is -0.504 e. The van der Waals surface area contributed by atoms with Crippen molar-refractivity contribution < 1.29 is 106 Å². The molecule has 484 valence electrons. The van der Waals surface area contributed by atoms with Gasteiger partial charge >= 0.3 is 17.9 Å². The molecule has 0 amide bonds. The summed E-state index contributed by atoms with van der Waals surface area (Å²) in [5.74, 6) is -7.23. The number of nitro benzene ring substituents is 6. The van der Waals surface area contributed by atoms with Gasteiger partial charge in [-0.2, -0.15) is 0 Å². The third kappa shape index (κ3) is 28.8. The first-order valence-electron chi connectivity index (χ1n) is 24.1. The number of carbonyl (C=O) groups excluding carboxylic acids is 9. The van der Waals surface area contributed by atoms with E-state index in [9.17, 15) is 109 Å². The fourth-order valence-corrected chi connectivity index (χ4v) is 6.45. The summed E-state index contributed by atoms with van der Waals surface area (Å²) in [7, 11) is 7.36. The third-order valence-corrected chi connectivity index (χ3v) is 10.3. The fraction of sp³-hybridized carbons (Fsp3) is 0.115. The van der Waals surface area contributed by atoms with Crippen LogP contribution in [0.1, 0.15) is 29.2 Å². The van der Waals surface area contributed by atoms with Gasteiger partial charge in [0, 0.05) is 92.5 Å². The Kier molecular flexibility index (Phi) is 32.7. The number of nitro groups is 6. The van der Waals surface area contributed by atoms with E-state index >= 15 is 0 Å². The van der Waals surface area contributed by atoms with Crippen molar-refractivity contribution in [3.05, 3.63) is 228 Å². The number of esters is 2. The molecule has 0 heterocycles. The van der Waals surface area contributed by atoms with Crippen molar-refractivity contribution in [1.82, 2.24) is 0 Å². The summed E-state index contributed by atoms with van der Waals surface area (Å²) < 4.78 is 18.7. The molecular formula is C52H41Cl3N8O28S. The number of rotatable bonds is 16. The van der Waals surface area contributed by atoms with Crippen molar-refractivity contribution in [2.75, 3.05) is 18.1 Å². The normalized spacial score (nSPS) is 12.3. The van der Waals surface area contributed by atoms with E-state index in [0.29, 0.717) is 16.9 Å². The van der Waals surface area contributed by atoms with Gasteiger partial charge in [-0.25, -0.2) is 4.21 Å². The van der Waals surface area contributed by atoms with Crippen LogP contribution in [0.3, 0.4) is 0 Å². The number of carbonyl (C=O) groups is 10. The second kappa shape index (κ2) is 38.5. The van der Waals surface area contributed by atoms with Gasteiger partial charge in [-0.1, -0.05) is 6.07 Å².